The molecule has 0 radical (unpaired) electrons. The molecule has 4 nitrogen and oxygen atoms in total. The van der Waals surface area contributed by atoms with Crippen LogP contribution in [0.25, 0.3) is 10.2 Å². The monoisotopic (exact) mass is 261 g/mol. The lowest BCUT2D eigenvalue weighted by Crippen LogP contribution is -2.34. The fourth-order valence-corrected chi connectivity index (χ4v) is 2.94. The number of thiazole rings is 1. The minimum atomic E-state index is 0.133. The predicted molar refractivity (Wildman–Crippen MR) is 73.0 cm³/mol. The number of hydrogen-bond donors (Lipinski definition) is 1. The molecule has 0 bridgehead atoms. The fourth-order valence-electron chi connectivity index (χ4n) is 2.22. The third kappa shape index (κ3) is 2.23. The van der Waals surface area contributed by atoms with E-state index in [4.69, 9.17) is 0 Å². The molecule has 3 rings (SSSR count). The second-order valence-electron chi connectivity index (χ2n) is 4.43. The Hall–Kier alpha value is -1.46. The number of benzene rings is 1. The zero-order valence-corrected chi connectivity index (χ0v) is 10.9. The van der Waals surface area contributed by atoms with Gasteiger partial charge in [0.15, 0.2) is 0 Å². The van der Waals surface area contributed by atoms with E-state index >= 15 is 0 Å². The van der Waals surface area contributed by atoms with Crippen molar-refractivity contribution in [2.24, 2.45) is 0 Å². The lowest BCUT2D eigenvalue weighted by Gasteiger charge is -2.19. The Morgan fingerprint density at radius 1 is 1.33 bits per heavy atom. The van der Waals surface area contributed by atoms with E-state index in [1.165, 1.54) is 0 Å². The van der Waals surface area contributed by atoms with E-state index in [1.54, 1.807) is 11.3 Å². The molecule has 1 amide bonds. The molecule has 1 aliphatic rings. The van der Waals surface area contributed by atoms with Gasteiger partial charge in [-0.05, 0) is 31.2 Å². The molecule has 0 unspecified atom stereocenters. The van der Waals surface area contributed by atoms with Crippen LogP contribution >= 0.6 is 11.3 Å². The van der Waals surface area contributed by atoms with E-state index < -0.39 is 0 Å². The van der Waals surface area contributed by atoms with Crippen molar-refractivity contribution < 1.29 is 4.79 Å². The van der Waals surface area contributed by atoms with Crippen molar-refractivity contribution in [1.29, 1.82) is 0 Å². The third-order valence-electron chi connectivity index (χ3n) is 3.21. The van der Waals surface area contributed by atoms with Crippen molar-refractivity contribution in [1.82, 2.24) is 15.2 Å². The number of carbonyl (C=O) groups is 1. The van der Waals surface area contributed by atoms with Crippen molar-refractivity contribution >= 4 is 27.5 Å². The van der Waals surface area contributed by atoms with Gasteiger partial charge in [0, 0.05) is 25.2 Å². The number of carbonyl (C=O) groups excluding carboxylic acids is 1. The molecule has 0 aliphatic carbocycles. The van der Waals surface area contributed by atoms with E-state index in [1.807, 2.05) is 28.6 Å². The molecule has 1 N–H and O–H groups in total. The van der Waals surface area contributed by atoms with Crippen LogP contribution in [0, 0.1) is 0 Å². The minimum absolute atomic E-state index is 0.133. The normalized spacial score (nSPS) is 16.8. The van der Waals surface area contributed by atoms with Crippen LogP contribution in [0.2, 0.25) is 0 Å². The summed E-state index contributed by atoms with van der Waals surface area (Å²) in [5.41, 5.74) is 3.55. The van der Waals surface area contributed by atoms with Crippen molar-refractivity contribution in [3.8, 4) is 0 Å². The van der Waals surface area contributed by atoms with Gasteiger partial charge < -0.3 is 10.2 Å². The highest BCUT2D eigenvalue weighted by Crippen LogP contribution is 2.20. The number of amides is 1. The first kappa shape index (κ1) is 11.6. The Labute approximate surface area is 110 Å². The summed E-state index contributed by atoms with van der Waals surface area (Å²) in [6, 6.07) is 5.76. The van der Waals surface area contributed by atoms with Crippen LogP contribution in [0.4, 0.5) is 0 Å². The average Bonchev–Trinajstić information content (AvgIpc) is 2.69. The quantitative estimate of drug-likeness (QED) is 0.850. The SMILES string of the molecule is O=C(c1ccc2ncsc2c1)N1CCCNCC1. The van der Waals surface area contributed by atoms with Crippen LogP contribution < -0.4 is 5.32 Å². The molecule has 0 atom stereocenters. The Bertz CT molecular complexity index is 558. The van der Waals surface area contributed by atoms with Gasteiger partial charge in [0.05, 0.1) is 15.7 Å². The summed E-state index contributed by atoms with van der Waals surface area (Å²) >= 11 is 1.58. The summed E-state index contributed by atoms with van der Waals surface area (Å²) in [6.07, 6.45) is 1.02. The number of rotatable bonds is 1. The molecule has 0 spiro atoms. The molecule has 18 heavy (non-hydrogen) atoms. The molecule has 1 aromatic heterocycles. The largest absolute Gasteiger partial charge is 0.337 e. The molecular formula is C13H15N3OS. The summed E-state index contributed by atoms with van der Waals surface area (Å²) in [4.78, 5) is 18.6. The Kier molecular flexibility index (Phi) is 3.25. The molecule has 5 heteroatoms. The van der Waals surface area contributed by atoms with Crippen molar-refractivity contribution in [2.75, 3.05) is 26.2 Å². The first-order valence-corrected chi connectivity index (χ1v) is 7.06. The standard InChI is InChI=1S/C13H15N3OS/c17-13(16-6-1-4-14-5-7-16)10-2-3-11-12(8-10)18-9-15-11/h2-3,8-9,14H,1,4-7H2. The molecule has 94 valence electrons. The lowest BCUT2D eigenvalue weighted by atomic mass is 10.2. The minimum Gasteiger partial charge on any atom is -0.337 e. The van der Waals surface area contributed by atoms with Crippen LogP contribution in [0.5, 0.6) is 0 Å². The average molecular weight is 261 g/mol. The molecule has 1 fully saturated rings. The number of fused-ring (bicyclic) bond motifs is 1. The Morgan fingerprint density at radius 3 is 3.22 bits per heavy atom. The van der Waals surface area contributed by atoms with E-state index in [-0.39, 0.29) is 5.91 Å². The van der Waals surface area contributed by atoms with Crippen molar-refractivity contribution in [3.63, 3.8) is 0 Å². The first-order chi connectivity index (χ1) is 8.84. The van der Waals surface area contributed by atoms with Gasteiger partial charge in [-0.3, -0.25) is 4.79 Å². The van der Waals surface area contributed by atoms with Gasteiger partial charge in [-0.1, -0.05) is 0 Å². The predicted octanol–water partition coefficient (Wildman–Crippen LogP) is 1.73. The highest BCUT2D eigenvalue weighted by Gasteiger charge is 2.17. The van der Waals surface area contributed by atoms with Crippen LogP contribution in [-0.2, 0) is 0 Å². The van der Waals surface area contributed by atoms with Crippen LogP contribution in [0.3, 0.4) is 0 Å². The second kappa shape index (κ2) is 5.04. The second-order valence-corrected chi connectivity index (χ2v) is 5.32. The topological polar surface area (TPSA) is 45.2 Å². The molecule has 2 heterocycles. The van der Waals surface area contributed by atoms with Gasteiger partial charge in [-0.25, -0.2) is 4.98 Å². The van der Waals surface area contributed by atoms with E-state index in [0.717, 1.165) is 48.4 Å². The maximum Gasteiger partial charge on any atom is 0.253 e. The fraction of sp³-hybridized carbons (Fsp3) is 0.385. The van der Waals surface area contributed by atoms with Gasteiger partial charge in [0.25, 0.3) is 5.91 Å². The number of nitrogens with zero attached hydrogens (tertiary/aromatic N) is 2. The lowest BCUT2D eigenvalue weighted by molar-refractivity contribution is 0.0766. The molecular weight excluding hydrogens is 246 g/mol. The molecule has 1 aliphatic heterocycles. The summed E-state index contributed by atoms with van der Waals surface area (Å²) in [7, 11) is 0. The summed E-state index contributed by atoms with van der Waals surface area (Å²) in [5, 5.41) is 3.31. The maximum atomic E-state index is 12.4. The third-order valence-corrected chi connectivity index (χ3v) is 4.00. The maximum absolute atomic E-state index is 12.4. The molecule has 0 saturated carbocycles. The van der Waals surface area contributed by atoms with Gasteiger partial charge in [0.1, 0.15) is 0 Å². The number of aromatic nitrogens is 1. The molecule has 2 aromatic rings. The van der Waals surface area contributed by atoms with Crippen molar-refractivity contribution in [2.45, 2.75) is 6.42 Å². The zero-order chi connectivity index (χ0) is 12.4. The number of nitrogens with one attached hydrogen (secondary N) is 1. The Morgan fingerprint density at radius 2 is 2.28 bits per heavy atom. The van der Waals surface area contributed by atoms with Crippen molar-refractivity contribution in [3.05, 3.63) is 29.3 Å². The molecule has 1 aromatic carbocycles. The zero-order valence-electron chi connectivity index (χ0n) is 10.1. The summed E-state index contributed by atoms with van der Waals surface area (Å²) in [6.45, 7) is 3.51. The highest BCUT2D eigenvalue weighted by atomic mass is 32.1. The van der Waals surface area contributed by atoms with E-state index in [9.17, 15) is 4.79 Å². The van der Waals surface area contributed by atoms with E-state index in [2.05, 4.69) is 10.3 Å². The van der Waals surface area contributed by atoms with Crippen LogP contribution in [-0.4, -0.2) is 42.0 Å². The first-order valence-electron chi connectivity index (χ1n) is 6.18. The van der Waals surface area contributed by atoms with E-state index in [0.29, 0.717) is 0 Å². The summed E-state index contributed by atoms with van der Waals surface area (Å²) < 4.78 is 1.08. The summed E-state index contributed by atoms with van der Waals surface area (Å²) in [5.74, 6) is 0.133. The van der Waals surface area contributed by atoms with Gasteiger partial charge in [0.2, 0.25) is 0 Å². The van der Waals surface area contributed by atoms with Crippen LogP contribution in [0.15, 0.2) is 23.7 Å². The smallest absolute Gasteiger partial charge is 0.253 e. The molecule has 1 saturated heterocycles. The number of hydrogen-bond acceptors (Lipinski definition) is 4. The Balaban J connectivity index is 1.85. The van der Waals surface area contributed by atoms with Gasteiger partial charge >= 0.3 is 0 Å². The highest BCUT2D eigenvalue weighted by molar-refractivity contribution is 7.16. The van der Waals surface area contributed by atoms with Gasteiger partial charge in [-0.15, -0.1) is 11.3 Å². The van der Waals surface area contributed by atoms with Crippen LogP contribution in [0.1, 0.15) is 16.8 Å². The van der Waals surface area contributed by atoms with Gasteiger partial charge in [-0.2, -0.15) is 0 Å².